The van der Waals surface area contributed by atoms with Crippen LogP contribution in [-0.4, -0.2) is 24.4 Å². The number of carbonyl (C=O) groups excluding carboxylic acids is 2. The van der Waals surface area contributed by atoms with Crippen LogP contribution < -0.4 is 16.4 Å². The molecule has 2 atom stereocenters. The zero-order valence-electron chi connectivity index (χ0n) is 13.4. The first-order chi connectivity index (χ1) is 9.97. The van der Waals surface area contributed by atoms with Crippen LogP contribution in [0.3, 0.4) is 0 Å². The first kappa shape index (κ1) is 20.4. The number of hydrogen-bond donors (Lipinski definition) is 3. The first-order valence-electron chi connectivity index (χ1n) is 7.35. The lowest BCUT2D eigenvalue weighted by molar-refractivity contribution is -0.124. The molecule has 0 aromatic heterocycles. The Morgan fingerprint density at radius 1 is 1.27 bits per heavy atom. The maximum Gasteiger partial charge on any atom is 0.251 e. The Balaban J connectivity index is 0.00000441. The molecule has 124 valence electrons. The molecule has 0 bridgehead atoms. The molecule has 0 aliphatic heterocycles. The Morgan fingerprint density at radius 2 is 1.95 bits per heavy atom. The summed E-state index contributed by atoms with van der Waals surface area (Å²) in [6.07, 6.45) is 0.887. The van der Waals surface area contributed by atoms with Crippen molar-refractivity contribution in [1.29, 1.82) is 0 Å². The van der Waals surface area contributed by atoms with E-state index in [1.807, 2.05) is 26.0 Å². The molecule has 0 saturated carbocycles. The van der Waals surface area contributed by atoms with E-state index in [-0.39, 0.29) is 36.2 Å². The highest BCUT2D eigenvalue weighted by Gasteiger charge is 2.11. The van der Waals surface area contributed by atoms with Gasteiger partial charge in [0.05, 0.1) is 0 Å². The van der Waals surface area contributed by atoms with Crippen LogP contribution in [0.25, 0.3) is 0 Å². The molecule has 5 nitrogen and oxygen atoms in total. The Kier molecular flexibility index (Phi) is 9.45. The SMILES string of the molecule is CCC(C)NC(=O)c1cccc(CNC(=O)C(C)CN)c1.Cl. The predicted molar refractivity (Wildman–Crippen MR) is 91.0 cm³/mol. The van der Waals surface area contributed by atoms with E-state index < -0.39 is 0 Å². The number of carbonyl (C=O) groups is 2. The summed E-state index contributed by atoms with van der Waals surface area (Å²) < 4.78 is 0. The molecule has 0 saturated heterocycles. The molecule has 0 aliphatic rings. The summed E-state index contributed by atoms with van der Waals surface area (Å²) in [7, 11) is 0. The summed E-state index contributed by atoms with van der Waals surface area (Å²) in [5.74, 6) is -0.373. The average molecular weight is 328 g/mol. The highest BCUT2D eigenvalue weighted by molar-refractivity contribution is 5.94. The van der Waals surface area contributed by atoms with Gasteiger partial charge in [0.15, 0.2) is 0 Å². The number of nitrogens with two attached hydrogens (primary N) is 1. The van der Waals surface area contributed by atoms with E-state index in [0.29, 0.717) is 18.7 Å². The summed E-state index contributed by atoms with van der Waals surface area (Å²) in [5, 5.41) is 5.74. The molecule has 6 heteroatoms. The monoisotopic (exact) mass is 327 g/mol. The third kappa shape index (κ3) is 6.45. The van der Waals surface area contributed by atoms with Crippen LogP contribution in [0, 0.1) is 5.92 Å². The van der Waals surface area contributed by atoms with Gasteiger partial charge in [-0.25, -0.2) is 0 Å². The smallest absolute Gasteiger partial charge is 0.251 e. The van der Waals surface area contributed by atoms with Gasteiger partial charge >= 0.3 is 0 Å². The molecule has 0 aliphatic carbocycles. The van der Waals surface area contributed by atoms with Crippen LogP contribution in [0.2, 0.25) is 0 Å². The second-order valence-electron chi connectivity index (χ2n) is 5.34. The topological polar surface area (TPSA) is 84.2 Å². The van der Waals surface area contributed by atoms with Gasteiger partial charge in [0.1, 0.15) is 0 Å². The van der Waals surface area contributed by atoms with E-state index in [0.717, 1.165) is 12.0 Å². The lowest BCUT2D eigenvalue weighted by Crippen LogP contribution is -2.33. The predicted octanol–water partition coefficient (Wildman–Crippen LogP) is 1.85. The van der Waals surface area contributed by atoms with Gasteiger partial charge in [-0.15, -0.1) is 12.4 Å². The van der Waals surface area contributed by atoms with Gasteiger partial charge < -0.3 is 16.4 Å². The van der Waals surface area contributed by atoms with Gasteiger partial charge in [-0.2, -0.15) is 0 Å². The van der Waals surface area contributed by atoms with Crippen molar-refractivity contribution >= 4 is 24.2 Å². The average Bonchev–Trinajstić information content (AvgIpc) is 2.51. The van der Waals surface area contributed by atoms with Gasteiger partial charge in [-0.1, -0.05) is 26.0 Å². The fraction of sp³-hybridized carbons (Fsp3) is 0.500. The van der Waals surface area contributed by atoms with Gasteiger partial charge in [0, 0.05) is 30.6 Å². The van der Waals surface area contributed by atoms with E-state index in [1.165, 1.54) is 0 Å². The molecule has 2 amide bonds. The minimum absolute atomic E-state index is 0. The van der Waals surface area contributed by atoms with Crippen molar-refractivity contribution in [2.75, 3.05) is 6.54 Å². The Bertz CT molecular complexity index is 494. The van der Waals surface area contributed by atoms with Crippen LogP contribution in [0.4, 0.5) is 0 Å². The number of benzene rings is 1. The summed E-state index contributed by atoms with van der Waals surface area (Å²) in [6.45, 7) is 6.49. The van der Waals surface area contributed by atoms with Crippen molar-refractivity contribution in [1.82, 2.24) is 10.6 Å². The Labute approximate surface area is 138 Å². The number of amides is 2. The second kappa shape index (κ2) is 10.2. The molecular formula is C16H26ClN3O2. The van der Waals surface area contributed by atoms with Crippen LogP contribution in [0.15, 0.2) is 24.3 Å². The molecule has 0 heterocycles. The Morgan fingerprint density at radius 3 is 2.55 bits per heavy atom. The quantitative estimate of drug-likeness (QED) is 0.714. The van der Waals surface area contributed by atoms with Crippen LogP contribution >= 0.6 is 12.4 Å². The Hall–Kier alpha value is -1.59. The molecule has 1 aromatic rings. The third-order valence-corrected chi connectivity index (χ3v) is 3.45. The molecule has 4 N–H and O–H groups in total. The summed E-state index contributed by atoms with van der Waals surface area (Å²) in [5.41, 5.74) is 6.95. The van der Waals surface area contributed by atoms with Crippen molar-refractivity contribution in [3.05, 3.63) is 35.4 Å². The molecular weight excluding hydrogens is 302 g/mol. The van der Waals surface area contributed by atoms with Crippen molar-refractivity contribution in [3.8, 4) is 0 Å². The van der Waals surface area contributed by atoms with Crippen LogP contribution in [-0.2, 0) is 11.3 Å². The van der Waals surface area contributed by atoms with Gasteiger partial charge in [0.2, 0.25) is 5.91 Å². The summed E-state index contributed by atoms with van der Waals surface area (Å²) >= 11 is 0. The van der Waals surface area contributed by atoms with E-state index >= 15 is 0 Å². The number of rotatable bonds is 7. The molecule has 0 spiro atoms. The van der Waals surface area contributed by atoms with E-state index in [4.69, 9.17) is 5.73 Å². The van der Waals surface area contributed by atoms with Crippen molar-refractivity contribution in [2.45, 2.75) is 39.8 Å². The van der Waals surface area contributed by atoms with Crippen molar-refractivity contribution < 1.29 is 9.59 Å². The maximum absolute atomic E-state index is 12.0. The molecule has 0 radical (unpaired) electrons. The zero-order valence-corrected chi connectivity index (χ0v) is 14.2. The lowest BCUT2D eigenvalue weighted by Gasteiger charge is -2.13. The molecule has 0 fully saturated rings. The highest BCUT2D eigenvalue weighted by Crippen LogP contribution is 2.06. The number of hydrogen-bond acceptors (Lipinski definition) is 3. The first-order valence-corrected chi connectivity index (χ1v) is 7.35. The fourth-order valence-corrected chi connectivity index (χ4v) is 1.70. The molecule has 2 unspecified atom stereocenters. The number of halogens is 1. The zero-order chi connectivity index (χ0) is 15.8. The minimum atomic E-state index is -0.207. The molecule has 1 rings (SSSR count). The molecule has 22 heavy (non-hydrogen) atoms. The molecule has 1 aromatic carbocycles. The fourth-order valence-electron chi connectivity index (χ4n) is 1.70. The van der Waals surface area contributed by atoms with E-state index in [1.54, 1.807) is 19.1 Å². The summed E-state index contributed by atoms with van der Waals surface area (Å²) in [4.78, 5) is 23.7. The van der Waals surface area contributed by atoms with Crippen LogP contribution in [0.1, 0.15) is 43.1 Å². The van der Waals surface area contributed by atoms with Gasteiger partial charge in [-0.3, -0.25) is 9.59 Å². The van der Waals surface area contributed by atoms with Gasteiger partial charge in [0.25, 0.3) is 5.91 Å². The summed E-state index contributed by atoms with van der Waals surface area (Å²) in [6, 6.07) is 7.41. The van der Waals surface area contributed by atoms with Crippen molar-refractivity contribution in [3.63, 3.8) is 0 Å². The second-order valence-corrected chi connectivity index (χ2v) is 5.34. The highest BCUT2D eigenvalue weighted by atomic mass is 35.5. The van der Waals surface area contributed by atoms with Crippen LogP contribution in [0.5, 0.6) is 0 Å². The van der Waals surface area contributed by atoms with E-state index in [2.05, 4.69) is 10.6 Å². The maximum atomic E-state index is 12.0. The normalized spacial score (nSPS) is 12.7. The lowest BCUT2D eigenvalue weighted by atomic mass is 10.1. The minimum Gasteiger partial charge on any atom is -0.352 e. The van der Waals surface area contributed by atoms with E-state index in [9.17, 15) is 9.59 Å². The largest absolute Gasteiger partial charge is 0.352 e. The van der Waals surface area contributed by atoms with Crippen molar-refractivity contribution in [2.24, 2.45) is 11.7 Å². The third-order valence-electron chi connectivity index (χ3n) is 3.45. The number of nitrogens with one attached hydrogen (secondary N) is 2. The van der Waals surface area contributed by atoms with Gasteiger partial charge in [-0.05, 0) is 31.0 Å². The standard InChI is InChI=1S/C16H25N3O2.ClH/c1-4-12(3)19-16(21)14-7-5-6-13(8-14)10-18-15(20)11(2)9-17;/h5-8,11-12H,4,9-10,17H2,1-3H3,(H,18,20)(H,19,21);1H.